The van der Waals surface area contributed by atoms with E-state index in [1.165, 1.54) is 0 Å². The highest BCUT2D eigenvalue weighted by molar-refractivity contribution is 14.1. The summed E-state index contributed by atoms with van der Waals surface area (Å²) in [6.07, 6.45) is 1.89. The summed E-state index contributed by atoms with van der Waals surface area (Å²) in [7, 11) is 0. The first kappa shape index (κ1) is 7.91. The summed E-state index contributed by atoms with van der Waals surface area (Å²) in [5.74, 6) is 0.327. The summed E-state index contributed by atoms with van der Waals surface area (Å²) in [6, 6.07) is 3.82. The summed E-state index contributed by atoms with van der Waals surface area (Å²) >= 11 is 2.24. The molecule has 2 rings (SSSR count). The van der Waals surface area contributed by atoms with Crippen LogP contribution in [0.4, 0.5) is 0 Å². The van der Waals surface area contributed by atoms with Gasteiger partial charge in [-0.25, -0.2) is 0 Å². The lowest BCUT2D eigenvalue weighted by Gasteiger charge is -1.97. The molecule has 0 aliphatic heterocycles. The molecule has 0 saturated carbocycles. The molecule has 1 heterocycles. The first-order valence-electron chi connectivity index (χ1n) is 3.64. The van der Waals surface area contributed by atoms with Crippen LogP contribution in [0.5, 0.6) is 5.75 Å². The second kappa shape index (κ2) is 2.65. The summed E-state index contributed by atoms with van der Waals surface area (Å²) in [5.41, 5.74) is 1.91. The van der Waals surface area contributed by atoms with Crippen LogP contribution in [-0.2, 0) is 0 Å². The van der Waals surface area contributed by atoms with Crippen LogP contribution in [0.3, 0.4) is 0 Å². The van der Waals surface area contributed by atoms with Crippen LogP contribution in [0.2, 0.25) is 0 Å². The number of aromatic amines is 1. The molecule has 0 aliphatic carbocycles. The number of halogens is 1. The Kier molecular flexibility index (Phi) is 1.75. The molecule has 12 heavy (non-hydrogen) atoms. The molecule has 0 unspecified atom stereocenters. The Balaban J connectivity index is 2.92. The van der Waals surface area contributed by atoms with E-state index >= 15 is 0 Å². The van der Waals surface area contributed by atoms with Gasteiger partial charge >= 0.3 is 0 Å². The van der Waals surface area contributed by atoms with Crippen molar-refractivity contribution in [3.05, 3.63) is 27.5 Å². The lowest BCUT2D eigenvalue weighted by molar-refractivity contribution is 0.480. The van der Waals surface area contributed by atoms with Gasteiger partial charge in [0.1, 0.15) is 5.75 Å². The summed E-state index contributed by atoms with van der Waals surface area (Å²) in [4.78, 5) is 3.03. The molecule has 1 aromatic carbocycles. The van der Waals surface area contributed by atoms with E-state index in [9.17, 15) is 5.11 Å². The van der Waals surface area contributed by atoms with Crippen LogP contribution in [0.1, 0.15) is 5.56 Å². The van der Waals surface area contributed by atoms with Gasteiger partial charge in [-0.3, -0.25) is 0 Å². The quantitative estimate of drug-likeness (QED) is 0.711. The van der Waals surface area contributed by atoms with E-state index in [-0.39, 0.29) is 0 Å². The van der Waals surface area contributed by atoms with E-state index in [4.69, 9.17) is 0 Å². The number of aromatic hydroxyl groups is 1. The molecular formula is C9H8INO. The molecule has 3 heteroatoms. The maximum atomic E-state index is 9.53. The Labute approximate surface area is 83.7 Å². The molecule has 2 N–H and O–H groups in total. The van der Waals surface area contributed by atoms with Crippen LogP contribution in [-0.4, -0.2) is 10.1 Å². The summed E-state index contributed by atoms with van der Waals surface area (Å²) < 4.78 is 1.14. The van der Waals surface area contributed by atoms with Gasteiger partial charge in [0, 0.05) is 15.2 Å². The Morgan fingerprint density at radius 3 is 2.92 bits per heavy atom. The summed E-state index contributed by atoms with van der Waals surface area (Å²) in [6.45, 7) is 1.97. The van der Waals surface area contributed by atoms with Crippen LogP contribution >= 0.6 is 22.6 Å². The largest absolute Gasteiger partial charge is 0.506 e. The normalized spacial score (nSPS) is 10.8. The molecular weight excluding hydrogens is 265 g/mol. The monoisotopic (exact) mass is 273 g/mol. The van der Waals surface area contributed by atoms with Crippen LogP contribution < -0.4 is 0 Å². The lowest BCUT2D eigenvalue weighted by Crippen LogP contribution is -1.75. The first-order valence-corrected chi connectivity index (χ1v) is 4.72. The number of nitrogens with one attached hydrogen (secondary N) is 1. The fourth-order valence-corrected chi connectivity index (χ4v) is 1.90. The zero-order valence-corrected chi connectivity index (χ0v) is 8.71. The first-order chi connectivity index (χ1) is 5.68. The third-order valence-corrected chi connectivity index (χ3v) is 2.75. The zero-order chi connectivity index (χ0) is 8.72. The molecule has 0 saturated heterocycles. The van der Waals surface area contributed by atoms with Gasteiger partial charge in [0.2, 0.25) is 0 Å². The van der Waals surface area contributed by atoms with E-state index in [0.29, 0.717) is 5.75 Å². The topological polar surface area (TPSA) is 36.0 Å². The van der Waals surface area contributed by atoms with E-state index < -0.39 is 0 Å². The molecule has 0 bridgehead atoms. The third-order valence-electron chi connectivity index (χ3n) is 1.86. The van der Waals surface area contributed by atoms with Gasteiger partial charge in [-0.05, 0) is 47.2 Å². The number of benzene rings is 1. The molecule has 2 nitrogen and oxygen atoms in total. The fourth-order valence-electron chi connectivity index (χ4n) is 1.32. The predicted molar refractivity (Wildman–Crippen MR) is 57.4 cm³/mol. The standard InChI is InChI=1S/C9H8INO/c1-5-2-6-7(10)4-11-9(6)8(12)3-5/h2-4,11-12H,1H3. The number of rotatable bonds is 0. The number of hydrogen-bond acceptors (Lipinski definition) is 1. The van der Waals surface area contributed by atoms with E-state index in [0.717, 1.165) is 20.0 Å². The SMILES string of the molecule is Cc1cc(O)c2[nH]cc(I)c2c1. The predicted octanol–water partition coefficient (Wildman–Crippen LogP) is 2.79. The Hall–Kier alpha value is -0.710. The second-order valence-electron chi connectivity index (χ2n) is 2.84. The van der Waals surface area contributed by atoms with Crippen molar-refractivity contribution in [1.29, 1.82) is 0 Å². The van der Waals surface area contributed by atoms with Crippen molar-refractivity contribution >= 4 is 33.5 Å². The Morgan fingerprint density at radius 2 is 2.17 bits per heavy atom. The second-order valence-corrected chi connectivity index (χ2v) is 4.01. The number of phenols is 1. The number of H-pyrrole nitrogens is 1. The highest BCUT2D eigenvalue weighted by Crippen LogP contribution is 2.28. The zero-order valence-electron chi connectivity index (χ0n) is 6.56. The van der Waals surface area contributed by atoms with Gasteiger partial charge < -0.3 is 10.1 Å². The smallest absolute Gasteiger partial charge is 0.139 e. The van der Waals surface area contributed by atoms with E-state index in [1.807, 2.05) is 13.1 Å². The average Bonchev–Trinajstić information content (AvgIpc) is 2.33. The number of phenolic OH excluding ortho intramolecular Hbond substituents is 1. The molecule has 0 spiro atoms. The van der Waals surface area contributed by atoms with Gasteiger partial charge in [0.05, 0.1) is 5.52 Å². The van der Waals surface area contributed by atoms with Crippen LogP contribution in [0.15, 0.2) is 18.3 Å². The minimum absolute atomic E-state index is 0.327. The molecule has 1 aromatic heterocycles. The van der Waals surface area contributed by atoms with Gasteiger partial charge in [-0.15, -0.1) is 0 Å². The van der Waals surface area contributed by atoms with Gasteiger partial charge in [-0.2, -0.15) is 0 Å². The van der Waals surface area contributed by atoms with E-state index in [2.05, 4.69) is 33.6 Å². The Bertz CT molecular complexity index is 433. The highest BCUT2D eigenvalue weighted by atomic mass is 127. The van der Waals surface area contributed by atoms with Crippen molar-refractivity contribution in [2.24, 2.45) is 0 Å². The van der Waals surface area contributed by atoms with Crippen molar-refractivity contribution < 1.29 is 5.11 Å². The molecule has 0 amide bonds. The Morgan fingerprint density at radius 1 is 1.42 bits per heavy atom. The van der Waals surface area contributed by atoms with Gasteiger partial charge in [-0.1, -0.05) is 0 Å². The van der Waals surface area contributed by atoms with Gasteiger partial charge in [0.15, 0.2) is 0 Å². The molecule has 0 atom stereocenters. The number of hydrogen-bond donors (Lipinski definition) is 2. The highest BCUT2D eigenvalue weighted by Gasteiger charge is 2.04. The van der Waals surface area contributed by atoms with Crippen molar-refractivity contribution in [3.63, 3.8) is 0 Å². The third kappa shape index (κ3) is 1.08. The molecule has 2 aromatic rings. The van der Waals surface area contributed by atoms with E-state index in [1.54, 1.807) is 6.07 Å². The van der Waals surface area contributed by atoms with Crippen molar-refractivity contribution in [2.45, 2.75) is 6.92 Å². The van der Waals surface area contributed by atoms with Crippen molar-refractivity contribution in [3.8, 4) is 5.75 Å². The molecule has 62 valence electrons. The van der Waals surface area contributed by atoms with Crippen molar-refractivity contribution in [1.82, 2.24) is 4.98 Å². The number of fused-ring (bicyclic) bond motifs is 1. The van der Waals surface area contributed by atoms with Gasteiger partial charge in [0.25, 0.3) is 0 Å². The minimum Gasteiger partial charge on any atom is -0.506 e. The van der Waals surface area contributed by atoms with Crippen molar-refractivity contribution in [2.75, 3.05) is 0 Å². The number of aryl methyl sites for hydroxylation is 1. The van der Waals surface area contributed by atoms with Crippen LogP contribution in [0.25, 0.3) is 10.9 Å². The molecule has 0 fully saturated rings. The maximum absolute atomic E-state index is 9.53. The minimum atomic E-state index is 0.327. The molecule has 0 aliphatic rings. The lowest BCUT2D eigenvalue weighted by atomic mass is 10.2. The average molecular weight is 273 g/mol. The fraction of sp³-hybridized carbons (Fsp3) is 0.111. The summed E-state index contributed by atoms with van der Waals surface area (Å²) in [5, 5.41) is 10.6. The maximum Gasteiger partial charge on any atom is 0.139 e. The molecule has 0 radical (unpaired) electrons. The van der Waals surface area contributed by atoms with Crippen LogP contribution in [0, 0.1) is 10.5 Å². The number of aromatic nitrogens is 1.